The minimum absolute atomic E-state index is 0.577. The highest BCUT2D eigenvalue weighted by atomic mass is 14.5. The molecule has 0 aliphatic heterocycles. The molecule has 0 heteroatoms. The molecule has 0 saturated heterocycles. The van der Waals surface area contributed by atoms with Crippen LogP contribution in [0.3, 0.4) is 0 Å². The van der Waals surface area contributed by atoms with Crippen LogP contribution in [0.2, 0.25) is 0 Å². The molecule has 2 atom stereocenters. The fraction of sp³-hybridized carbons (Fsp3) is 0.750. The van der Waals surface area contributed by atoms with Gasteiger partial charge in [-0.1, -0.05) is 39.3 Å². The van der Waals surface area contributed by atoms with Gasteiger partial charge in [0.2, 0.25) is 0 Å². The SMILES string of the molecule is C=C.C=C1CC[C@H]2C(C)(C)CCC[C@]2(C)C1. The molecule has 2 saturated carbocycles. The third kappa shape index (κ3) is 2.42. The zero-order chi connectivity index (χ0) is 12.4. The summed E-state index contributed by atoms with van der Waals surface area (Å²) < 4.78 is 0. The predicted octanol–water partition coefficient (Wildman–Crippen LogP) is 5.36. The monoisotopic (exact) mass is 220 g/mol. The third-order valence-corrected chi connectivity index (χ3v) is 4.79. The maximum Gasteiger partial charge on any atom is -0.0255 e. The van der Waals surface area contributed by atoms with Gasteiger partial charge >= 0.3 is 0 Å². The van der Waals surface area contributed by atoms with E-state index in [4.69, 9.17) is 0 Å². The molecule has 0 bridgehead atoms. The summed E-state index contributed by atoms with van der Waals surface area (Å²) in [6, 6.07) is 0. The molecule has 2 aliphatic rings. The Morgan fingerprint density at radius 3 is 2.38 bits per heavy atom. The quantitative estimate of drug-likeness (QED) is 0.482. The van der Waals surface area contributed by atoms with E-state index in [1.165, 1.54) is 44.1 Å². The van der Waals surface area contributed by atoms with E-state index >= 15 is 0 Å². The van der Waals surface area contributed by atoms with Gasteiger partial charge in [0.15, 0.2) is 0 Å². The standard InChI is InChI=1S/C14H24.C2H4/c1-11-6-7-12-13(2,3)8-5-9-14(12,4)10-11;1-2/h12H,1,5-10H2,2-4H3;1-2H2/t12-,14+;/m0./s1. The number of rotatable bonds is 0. The van der Waals surface area contributed by atoms with Crippen molar-refractivity contribution in [3.05, 3.63) is 25.3 Å². The minimum Gasteiger partial charge on any atom is -0.106 e. The third-order valence-electron chi connectivity index (χ3n) is 4.79. The van der Waals surface area contributed by atoms with E-state index < -0.39 is 0 Å². The van der Waals surface area contributed by atoms with Gasteiger partial charge in [-0.15, -0.1) is 13.2 Å². The molecule has 0 radical (unpaired) electrons. The lowest BCUT2D eigenvalue weighted by Crippen LogP contribution is -2.44. The van der Waals surface area contributed by atoms with E-state index in [1.54, 1.807) is 0 Å². The Morgan fingerprint density at radius 2 is 1.75 bits per heavy atom. The maximum atomic E-state index is 4.20. The molecule has 2 fully saturated rings. The van der Waals surface area contributed by atoms with E-state index in [2.05, 4.69) is 40.5 Å². The Hall–Kier alpha value is -0.520. The summed E-state index contributed by atoms with van der Waals surface area (Å²) in [5.74, 6) is 0.939. The first-order valence-corrected chi connectivity index (χ1v) is 6.61. The first kappa shape index (κ1) is 13.5. The molecule has 0 aromatic heterocycles. The van der Waals surface area contributed by atoms with Crippen molar-refractivity contribution in [3.8, 4) is 0 Å². The van der Waals surface area contributed by atoms with Crippen molar-refractivity contribution in [2.45, 2.75) is 59.3 Å². The maximum absolute atomic E-state index is 4.20. The van der Waals surface area contributed by atoms with Crippen LogP contribution < -0.4 is 0 Å². The Balaban J connectivity index is 0.000000606. The van der Waals surface area contributed by atoms with Crippen molar-refractivity contribution < 1.29 is 0 Å². The van der Waals surface area contributed by atoms with Crippen molar-refractivity contribution in [2.24, 2.45) is 16.7 Å². The lowest BCUT2D eigenvalue weighted by Gasteiger charge is -2.54. The van der Waals surface area contributed by atoms with Crippen LogP contribution >= 0.6 is 0 Å². The molecule has 0 aromatic carbocycles. The lowest BCUT2D eigenvalue weighted by molar-refractivity contribution is -0.0168. The van der Waals surface area contributed by atoms with Crippen LogP contribution in [0, 0.1) is 16.7 Å². The average Bonchev–Trinajstić information content (AvgIpc) is 2.18. The Labute approximate surface area is 102 Å². The number of hydrogen-bond donors (Lipinski definition) is 0. The van der Waals surface area contributed by atoms with Crippen molar-refractivity contribution in [1.82, 2.24) is 0 Å². The second kappa shape index (κ2) is 4.77. The van der Waals surface area contributed by atoms with Crippen LogP contribution in [0.5, 0.6) is 0 Å². The topological polar surface area (TPSA) is 0 Å². The minimum atomic E-state index is 0.577. The molecule has 0 N–H and O–H groups in total. The molecule has 2 rings (SSSR count). The molecule has 0 heterocycles. The van der Waals surface area contributed by atoms with Crippen LogP contribution in [-0.2, 0) is 0 Å². The molecule has 0 spiro atoms. The highest BCUT2D eigenvalue weighted by Gasteiger charge is 2.47. The van der Waals surface area contributed by atoms with Gasteiger partial charge in [-0.05, 0) is 48.9 Å². The molecular weight excluding hydrogens is 192 g/mol. The van der Waals surface area contributed by atoms with Gasteiger partial charge in [0, 0.05) is 0 Å². The van der Waals surface area contributed by atoms with Gasteiger partial charge in [0.25, 0.3) is 0 Å². The van der Waals surface area contributed by atoms with Crippen molar-refractivity contribution in [3.63, 3.8) is 0 Å². The van der Waals surface area contributed by atoms with Crippen molar-refractivity contribution in [1.29, 1.82) is 0 Å². The molecule has 92 valence electrons. The second-order valence-electron chi connectivity index (χ2n) is 6.51. The van der Waals surface area contributed by atoms with Crippen LogP contribution in [0.1, 0.15) is 59.3 Å². The summed E-state index contributed by atoms with van der Waals surface area (Å²) in [6.45, 7) is 17.7. The van der Waals surface area contributed by atoms with Gasteiger partial charge in [0.1, 0.15) is 0 Å². The fourth-order valence-electron chi connectivity index (χ4n) is 4.20. The van der Waals surface area contributed by atoms with Gasteiger partial charge < -0.3 is 0 Å². The molecule has 2 aliphatic carbocycles. The number of allylic oxidation sites excluding steroid dienone is 1. The summed E-state index contributed by atoms with van der Waals surface area (Å²) >= 11 is 0. The van der Waals surface area contributed by atoms with Gasteiger partial charge in [-0.25, -0.2) is 0 Å². The van der Waals surface area contributed by atoms with Crippen molar-refractivity contribution >= 4 is 0 Å². The summed E-state index contributed by atoms with van der Waals surface area (Å²) in [5.41, 5.74) is 2.66. The first-order chi connectivity index (χ1) is 7.44. The lowest BCUT2D eigenvalue weighted by atomic mass is 9.51. The zero-order valence-electron chi connectivity index (χ0n) is 11.4. The summed E-state index contributed by atoms with van der Waals surface area (Å²) in [5, 5.41) is 0. The smallest absolute Gasteiger partial charge is 0.0255 e. The Bertz CT molecular complexity index is 261. The fourth-order valence-corrected chi connectivity index (χ4v) is 4.20. The van der Waals surface area contributed by atoms with E-state index in [0.29, 0.717) is 10.8 Å². The highest BCUT2D eigenvalue weighted by molar-refractivity contribution is 5.10. The molecule has 0 aromatic rings. The van der Waals surface area contributed by atoms with E-state index in [-0.39, 0.29) is 0 Å². The van der Waals surface area contributed by atoms with Crippen molar-refractivity contribution in [2.75, 3.05) is 0 Å². The van der Waals surface area contributed by atoms with Gasteiger partial charge in [0.05, 0.1) is 0 Å². The van der Waals surface area contributed by atoms with Crippen LogP contribution in [0.25, 0.3) is 0 Å². The van der Waals surface area contributed by atoms with Gasteiger partial charge in [-0.2, -0.15) is 0 Å². The normalized spacial score (nSPS) is 36.9. The predicted molar refractivity (Wildman–Crippen MR) is 73.5 cm³/mol. The number of fused-ring (bicyclic) bond motifs is 1. The van der Waals surface area contributed by atoms with Gasteiger partial charge in [-0.3, -0.25) is 0 Å². The Kier molecular flexibility index (Phi) is 4.04. The second-order valence-corrected chi connectivity index (χ2v) is 6.51. The average molecular weight is 220 g/mol. The highest BCUT2D eigenvalue weighted by Crippen LogP contribution is 2.58. The molecule has 0 nitrogen and oxygen atoms in total. The van der Waals surface area contributed by atoms with Crippen LogP contribution in [0.4, 0.5) is 0 Å². The summed E-state index contributed by atoms with van der Waals surface area (Å²) in [7, 11) is 0. The summed E-state index contributed by atoms with van der Waals surface area (Å²) in [6.07, 6.45) is 8.25. The van der Waals surface area contributed by atoms with E-state index in [1.807, 2.05) is 0 Å². The Morgan fingerprint density at radius 1 is 1.12 bits per heavy atom. The van der Waals surface area contributed by atoms with Crippen LogP contribution in [0.15, 0.2) is 25.3 Å². The first-order valence-electron chi connectivity index (χ1n) is 6.61. The molecule has 0 unspecified atom stereocenters. The largest absolute Gasteiger partial charge is 0.106 e. The summed E-state index contributed by atoms with van der Waals surface area (Å²) in [4.78, 5) is 0. The van der Waals surface area contributed by atoms with E-state index in [9.17, 15) is 0 Å². The number of hydrogen-bond acceptors (Lipinski definition) is 0. The molecular formula is C16H28. The van der Waals surface area contributed by atoms with E-state index in [0.717, 1.165) is 5.92 Å². The molecule has 16 heavy (non-hydrogen) atoms. The molecule has 0 amide bonds. The zero-order valence-corrected chi connectivity index (χ0v) is 11.4. The van der Waals surface area contributed by atoms with Crippen LogP contribution in [-0.4, -0.2) is 0 Å².